The van der Waals surface area contributed by atoms with Gasteiger partial charge in [0.25, 0.3) is 0 Å². The lowest BCUT2D eigenvalue weighted by Gasteiger charge is -2.09. The first kappa shape index (κ1) is 13.9. The SMILES string of the molecule is CCOC(=O)c1nc(I)ccc1NC(=O)CC. The van der Waals surface area contributed by atoms with Crippen LogP contribution in [0.25, 0.3) is 0 Å². The maximum absolute atomic E-state index is 11.6. The fourth-order valence-electron chi connectivity index (χ4n) is 1.13. The number of carbonyl (C=O) groups is 2. The number of ether oxygens (including phenoxy) is 1. The molecule has 0 aliphatic carbocycles. The quantitative estimate of drug-likeness (QED) is 0.515. The van der Waals surface area contributed by atoms with Crippen LogP contribution < -0.4 is 5.32 Å². The minimum Gasteiger partial charge on any atom is -0.461 e. The number of halogens is 1. The van der Waals surface area contributed by atoms with Crippen LogP contribution >= 0.6 is 22.6 Å². The summed E-state index contributed by atoms with van der Waals surface area (Å²) in [5.74, 6) is -0.698. The third-order valence-corrected chi connectivity index (χ3v) is 2.53. The van der Waals surface area contributed by atoms with E-state index in [1.165, 1.54) is 0 Å². The first-order valence-electron chi connectivity index (χ1n) is 5.22. The lowest BCUT2D eigenvalue weighted by molar-refractivity contribution is -0.115. The summed E-state index contributed by atoms with van der Waals surface area (Å²) < 4.78 is 5.55. The molecule has 0 aliphatic rings. The van der Waals surface area contributed by atoms with Gasteiger partial charge in [0.05, 0.1) is 12.3 Å². The van der Waals surface area contributed by atoms with Gasteiger partial charge in [0.1, 0.15) is 3.70 Å². The van der Waals surface area contributed by atoms with Gasteiger partial charge in [-0.15, -0.1) is 0 Å². The number of nitrogens with zero attached hydrogens (tertiary/aromatic N) is 1. The molecular formula is C11H13IN2O3. The van der Waals surface area contributed by atoms with Gasteiger partial charge in [0.15, 0.2) is 5.69 Å². The predicted molar refractivity (Wildman–Crippen MR) is 71.8 cm³/mol. The number of esters is 1. The second-order valence-corrected chi connectivity index (χ2v) is 4.26. The number of hydrogen-bond donors (Lipinski definition) is 1. The molecule has 0 fully saturated rings. The molecule has 1 aromatic rings. The van der Waals surface area contributed by atoms with Gasteiger partial charge < -0.3 is 10.1 Å². The highest BCUT2D eigenvalue weighted by atomic mass is 127. The van der Waals surface area contributed by atoms with Crippen molar-refractivity contribution in [3.63, 3.8) is 0 Å². The summed E-state index contributed by atoms with van der Waals surface area (Å²) >= 11 is 2.00. The van der Waals surface area contributed by atoms with E-state index in [1.807, 2.05) is 22.6 Å². The van der Waals surface area contributed by atoms with Crippen molar-refractivity contribution in [1.82, 2.24) is 4.98 Å². The molecule has 92 valence electrons. The number of pyridine rings is 1. The number of carbonyl (C=O) groups excluding carboxylic acids is 2. The molecule has 1 heterocycles. The van der Waals surface area contributed by atoms with Crippen LogP contribution in [0.5, 0.6) is 0 Å². The van der Waals surface area contributed by atoms with Gasteiger partial charge in [0.2, 0.25) is 5.91 Å². The van der Waals surface area contributed by atoms with E-state index in [9.17, 15) is 9.59 Å². The molecule has 0 atom stereocenters. The topological polar surface area (TPSA) is 68.3 Å². The number of hydrogen-bond acceptors (Lipinski definition) is 4. The zero-order valence-electron chi connectivity index (χ0n) is 9.62. The summed E-state index contributed by atoms with van der Waals surface area (Å²) in [5, 5.41) is 2.62. The fraction of sp³-hybridized carbons (Fsp3) is 0.364. The fourth-order valence-corrected chi connectivity index (χ4v) is 1.55. The van der Waals surface area contributed by atoms with Crippen molar-refractivity contribution in [2.24, 2.45) is 0 Å². The van der Waals surface area contributed by atoms with Crippen molar-refractivity contribution in [2.45, 2.75) is 20.3 Å². The molecule has 0 aromatic carbocycles. The maximum atomic E-state index is 11.6. The molecule has 1 aromatic heterocycles. The van der Waals surface area contributed by atoms with Crippen molar-refractivity contribution in [2.75, 3.05) is 11.9 Å². The lowest BCUT2D eigenvalue weighted by Crippen LogP contribution is -2.16. The first-order chi connectivity index (χ1) is 8.08. The van der Waals surface area contributed by atoms with E-state index in [2.05, 4.69) is 10.3 Å². The number of rotatable bonds is 4. The zero-order chi connectivity index (χ0) is 12.8. The molecule has 0 spiro atoms. The summed E-state index contributed by atoms with van der Waals surface area (Å²) in [6.45, 7) is 3.72. The molecular weight excluding hydrogens is 335 g/mol. The van der Waals surface area contributed by atoms with Crippen LogP contribution in [-0.2, 0) is 9.53 Å². The molecule has 0 radical (unpaired) electrons. The molecule has 0 saturated carbocycles. The van der Waals surface area contributed by atoms with Crippen molar-refractivity contribution in [3.8, 4) is 0 Å². The third kappa shape index (κ3) is 3.95. The summed E-state index contributed by atoms with van der Waals surface area (Å²) in [5.41, 5.74) is 0.524. The van der Waals surface area contributed by atoms with Gasteiger partial charge in [-0.25, -0.2) is 9.78 Å². The van der Waals surface area contributed by atoms with E-state index in [-0.39, 0.29) is 18.2 Å². The van der Waals surface area contributed by atoms with E-state index in [0.29, 0.717) is 15.8 Å². The van der Waals surface area contributed by atoms with Crippen LogP contribution in [-0.4, -0.2) is 23.5 Å². The van der Waals surface area contributed by atoms with Crippen molar-refractivity contribution >= 4 is 40.2 Å². The maximum Gasteiger partial charge on any atom is 0.359 e. The molecule has 1 amide bonds. The van der Waals surface area contributed by atoms with Gasteiger partial charge in [-0.05, 0) is 41.6 Å². The van der Waals surface area contributed by atoms with Crippen LogP contribution in [0.1, 0.15) is 30.8 Å². The second-order valence-electron chi connectivity index (χ2n) is 3.15. The van der Waals surface area contributed by atoms with Crippen LogP contribution in [0.15, 0.2) is 12.1 Å². The molecule has 0 unspecified atom stereocenters. The van der Waals surface area contributed by atoms with Gasteiger partial charge in [-0.3, -0.25) is 4.79 Å². The van der Waals surface area contributed by atoms with Crippen molar-refractivity contribution in [3.05, 3.63) is 21.5 Å². The first-order valence-corrected chi connectivity index (χ1v) is 6.29. The average molecular weight is 348 g/mol. The highest BCUT2D eigenvalue weighted by Crippen LogP contribution is 2.16. The highest BCUT2D eigenvalue weighted by molar-refractivity contribution is 14.1. The van der Waals surface area contributed by atoms with E-state index in [0.717, 1.165) is 0 Å². The average Bonchev–Trinajstić information content (AvgIpc) is 2.31. The lowest BCUT2D eigenvalue weighted by atomic mass is 10.3. The molecule has 5 nitrogen and oxygen atoms in total. The smallest absolute Gasteiger partial charge is 0.359 e. The third-order valence-electron chi connectivity index (χ3n) is 1.93. The van der Waals surface area contributed by atoms with Gasteiger partial charge in [0, 0.05) is 6.42 Å². The number of nitrogens with one attached hydrogen (secondary N) is 1. The molecule has 1 rings (SSSR count). The zero-order valence-corrected chi connectivity index (χ0v) is 11.8. The Kier molecular flexibility index (Phi) is 5.33. The molecule has 0 bridgehead atoms. The van der Waals surface area contributed by atoms with E-state index >= 15 is 0 Å². The van der Waals surface area contributed by atoms with Crippen LogP contribution in [0.3, 0.4) is 0 Å². The molecule has 0 aliphatic heterocycles. The van der Waals surface area contributed by atoms with E-state index in [4.69, 9.17) is 4.74 Å². The number of amides is 1. The van der Waals surface area contributed by atoms with E-state index < -0.39 is 5.97 Å². The Labute approximate surface area is 113 Å². The van der Waals surface area contributed by atoms with Crippen LogP contribution in [0.4, 0.5) is 5.69 Å². The Morgan fingerprint density at radius 1 is 1.41 bits per heavy atom. The Bertz CT molecular complexity index is 435. The monoisotopic (exact) mass is 348 g/mol. The van der Waals surface area contributed by atoms with Gasteiger partial charge in [-0.2, -0.15) is 0 Å². The van der Waals surface area contributed by atoms with Crippen LogP contribution in [0.2, 0.25) is 0 Å². The Morgan fingerprint density at radius 2 is 2.12 bits per heavy atom. The highest BCUT2D eigenvalue weighted by Gasteiger charge is 2.16. The normalized spacial score (nSPS) is 9.82. The Hall–Kier alpha value is -1.18. The predicted octanol–water partition coefficient (Wildman–Crippen LogP) is 2.21. The van der Waals surface area contributed by atoms with Gasteiger partial charge >= 0.3 is 5.97 Å². The minimum absolute atomic E-state index is 0.139. The summed E-state index contributed by atoms with van der Waals surface area (Å²) in [4.78, 5) is 27.0. The van der Waals surface area contributed by atoms with Gasteiger partial charge in [-0.1, -0.05) is 6.92 Å². The number of anilines is 1. The minimum atomic E-state index is -0.530. The van der Waals surface area contributed by atoms with E-state index in [1.54, 1.807) is 26.0 Å². The molecule has 6 heteroatoms. The Balaban J connectivity index is 3.03. The van der Waals surface area contributed by atoms with Crippen molar-refractivity contribution < 1.29 is 14.3 Å². The summed E-state index contributed by atoms with van der Waals surface area (Å²) in [6, 6.07) is 3.36. The van der Waals surface area contributed by atoms with Crippen LogP contribution in [0, 0.1) is 3.70 Å². The molecule has 0 saturated heterocycles. The second kappa shape index (κ2) is 6.53. The largest absolute Gasteiger partial charge is 0.461 e. The standard InChI is InChI=1S/C11H13IN2O3/c1-3-9(15)13-7-5-6-8(12)14-10(7)11(16)17-4-2/h5-6H,3-4H2,1-2H3,(H,13,15). The van der Waals surface area contributed by atoms with Crippen molar-refractivity contribution in [1.29, 1.82) is 0 Å². The molecule has 17 heavy (non-hydrogen) atoms. The summed E-state index contributed by atoms with van der Waals surface area (Å²) in [7, 11) is 0. The summed E-state index contributed by atoms with van der Waals surface area (Å²) in [6.07, 6.45) is 0.342. The molecule has 1 N–H and O–H groups in total. The number of aromatic nitrogens is 1. The Morgan fingerprint density at radius 3 is 2.71 bits per heavy atom.